The lowest BCUT2D eigenvalue weighted by atomic mass is 10.2. The fourth-order valence-electron chi connectivity index (χ4n) is 2.63. The van der Waals surface area contributed by atoms with Crippen molar-refractivity contribution in [2.75, 3.05) is 20.3 Å². The Kier molecular flexibility index (Phi) is 5.32. The zero-order chi connectivity index (χ0) is 17.8. The van der Waals surface area contributed by atoms with Crippen molar-refractivity contribution in [3.63, 3.8) is 0 Å². The van der Waals surface area contributed by atoms with Crippen LogP contribution in [0.4, 0.5) is 0 Å². The van der Waals surface area contributed by atoms with E-state index in [2.05, 4.69) is 17.5 Å². The maximum atomic E-state index is 5.76. The lowest BCUT2D eigenvalue weighted by Crippen LogP contribution is -1.97. The monoisotopic (exact) mass is 385 g/mol. The number of aromatic nitrogens is 1. The maximum absolute atomic E-state index is 5.76. The number of thiazole rings is 1. The second kappa shape index (κ2) is 8.01. The van der Waals surface area contributed by atoms with Gasteiger partial charge in [-0.1, -0.05) is 0 Å². The van der Waals surface area contributed by atoms with Crippen LogP contribution >= 0.6 is 23.1 Å². The highest BCUT2D eigenvalue weighted by Crippen LogP contribution is 2.35. The number of ether oxygens (including phenoxy) is 3. The molecule has 1 aromatic heterocycles. The van der Waals surface area contributed by atoms with Crippen molar-refractivity contribution in [2.24, 2.45) is 0 Å². The van der Waals surface area contributed by atoms with Crippen molar-refractivity contribution < 1.29 is 14.2 Å². The van der Waals surface area contributed by atoms with Crippen LogP contribution in [-0.4, -0.2) is 25.3 Å². The normalized spacial score (nSPS) is 13.3. The molecule has 134 valence electrons. The highest BCUT2D eigenvalue weighted by Gasteiger charge is 2.11. The highest BCUT2D eigenvalue weighted by molar-refractivity contribution is 7.98. The van der Waals surface area contributed by atoms with Gasteiger partial charge in [0.25, 0.3) is 0 Å². The Morgan fingerprint density at radius 2 is 1.88 bits per heavy atom. The molecule has 0 saturated carbocycles. The van der Waals surface area contributed by atoms with Crippen LogP contribution in [-0.2, 0) is 5.75 Å². The van der Waals surface area contributed by atoms with Crippen molar-refractivity contribution >= 4 is 23.1 Å². The molecule has 0 atom stereocenters. The van der Waals surface area contributed by atoms with E-state index in [0.717, 1.165) is 50.6 Å². The molecule has 6 heteroatoms. The first-order chi connectivity index (χ1) is 12.8. The Balaban J connectivity index is 1.42. The molecule has 26 heavy (non-hydrogen) atoms. The van der Waals surface area contributed by atoms with Crippen LogP contribution in [0.25, 0.3) is 10.6 Å². The van der Waals surface area contributed by atoms with Crippen molar-refractivity contribution in [3.05, 3.63) is 53.5 Å². The van der Waals surface area contributed by atoms with Crippen molar-refractivity contribution in [1.29, 1.82) is 0 Å². The van der Waals surface area contributed by atoms with Gasteiger partial charge in [-0.25, -0.2) is 4.98 Å². The van der Waals surface area contributed by atoms with Gasteiger partial charge in [0, 0.05) is 28.0 Å². The van der Waals surface area contributed by atoms with Crippen LogP contribution in [0.15, 0.2) is 52.7 Å². The molecule has 0 radical (unpaired) electrons. The third-order valence-corrected chi connectivity index (χ3v) is 5.96. The Labute approximate surface area is 161 Å². The lowest BCUT2D eigenvalue weighted by Gasteiger charge is -2.08. The molecule has 4 nitrogen and oxygen atoms in total. The van der Waals surface area contributed by atoms with E-state index in [9.17, 15) is 0 Å². The maximum Gasteiger partial charge on any atom is 0.162 e. The summed E-state index contributed by atoms with van der Waals surface area (Å²) in [4.78, 5) is 5.91. The fourth-order valence-corrected chi connectivity index (χ4v) is 4.38. The Hall–Kier alpha value is -2.18. The number of hydrogen-bond donors (Lipinski definition) is 0. The minimum atomic E-state index is 0.707. The van der Waals surface area contributed by atoms with Gasteiger partial charge in [-0.2, -0.15) is 0 Å². The van der Waals surface area contributed by atoms with Gasteiger partial charge in [0.15, 0.2) is 11.5 Å². The summed E-state index contributed by atoms with van der Waals surface area (Å²) in [6, 6.07) is 14.1. The second-order valence-electron chi connectivity index (χ2n) is 5.82. The average Bonchev–Trinajstić information content (AvgIpc) is 3.04. The largest absolute Gasteiger partial charge is 0.497 e. The minimum Gasteiger partial charge on any atom is -0.497 e. The van der Waals surface area contributed by atoms with E-state index in [1.54, 1.807) is 30.2 Å². The summed E-state index contributed by atoms with van der Waals surface area (Å²) in [5, 5.41) is 3.15. The summed E-state index contributed by atoms with van der Waals surface area (Å²) >= 11 is 3.42. The number of nitrogens with zero attached hydrogens (tertiary/aromatic N) is 1. The Bertz CT molecular complexity index is 877. The molecule has 1 aliphatic heterocycles. The van der Waals surface area contributed by atoms with Crippen LogP contribution in [0.2, 0.25) is 0 Å². The third kappa shape index (κ3) is 3.97. The predicted octanol–water partition coefficient (Wildman–Crippen LogP) is 5.27. The number of fused-ring (bicyclic) bond motifs is 1. The molecule has 0 unspecified atom stereocenters. The number of benzene rings is 2. The topological polar surface area (TPSA) is 40.6 Å². The Morgan fingerprint density at radius 1 is 1.08 bits per heavy atom. The molecule has 2 heterocycles. The molecule has 0 fully saturated rings. The van der Waals surface area contributed by atoms with Gasteiger partial charge in [-0.3, -0.25) is 0 Å². The van der Waals surface area contributed by atoms with Gasteiger partial charge in [0.2, 0.25) is 0 Å². The summed E-state index contributed by atoms with van der Waals surface area (Å²) in [5.74, 6) is 3.36. The van der Waals surface area contributed by atoms with Gasteiger partial charge in [0.1, 0.15) is 10.8 Å². The second-order valence-corrected chi connectivity index (χ2v) is 7.73. The summed E-state index contributed by atoms with van der Waals surface area (Å²) < 4.78 is 16.6. The quantitative estimate of drug-likeness (QED) is 0.560. The number of rotatable bonds is 5. The molecule has 3 aromatic rings. The van der Waals surface area contributed by atoms with Gasteiger partial charge in [-0.05, 0) is 42.5 Å². The molecule has 4 rings (SSSR count). The fraction of sp³-hybridized carbons (Fsp3) is 0.250. The zero-order valence-corrected chi connectivity index (χ0v) is 16.1. The standard InChI is InChI=1S/C20H19NO3S2/c1-22-16-5-3-14(4-6-16)20-21-15(13-26-20)12-25-17-7-8-18-19(11-17)24-10-2-9-23-18/h3-8,11,13H,2,9-10,12H2,1H3. The number of methoxy groups -OCH3 is 1. The van der Waals surface area contributed by atoms with Gasteiger partial charge >= 0.3 is 0 Å². The summed E-state index contributed by atoms with van der Waals surface area (Å²) in [5.41, 5.74) is 2.19. The Morgan fingerprint density at radius 3 is 2.69 bits per heavy atom. The summed E-state index contributed by atoms with van der Waals surface area (Å²) in [6.45, 7) is 1.42. The molecule has 0 N–H and O–H groups in total. The summed E-state index contributed by atoms with van der Waals surface area (Å²) in [7, 11) is 1.67. The molecule has 0 saturated heterocycles. The molecule has 0 spiro atoms. The highest BCUT2D eigenvalue weighted by atomic mass is 32.2. The van der Waals surface area contributed by atoms with Gasteiger partial charge in [-0.15, -0.1) is 23.1 Å². The molecular weight excluding hydrogens is 366 g/mol. The van der Waals surface area contributed by atoms with E-state index in [1.807, 2.05) is 30.3 Å². The molecule has 0 aliphatic carbocycles. The van der Waals surface area contributed by atoms with Gasteiger partial charge in [0.05, 0.1) is 26.0 Å². The first kappa shape index (κ1) is 17.2. The van der Waals surface area contributed by atoms with E-state index in [4.69, 9.17) is 19.2 Å². The lowest BCUT2D eigenvalue weighted by molar-refractivity contribution is 0.297. The van der Waals surface area contributed by atoms with Crippen molar-refractivity contribution in [2.45, 2.75) is 17.1 Å². The van der Waals surface area contributed by atoms with Crippen LogP contribution in [0, 0.1) is 0 Å². The number of hydrogen-bond acceptors (Lipinski definition) is 6. The molecule has 0 amide bonds. The van der Waals surface area contributed by atoms with E-state index >= 15 is 0 Å². The third-order valence-electron chi connectivity index (χ3n) is 3.99. The molecular formula is C20H19NO3S2. The molecule has 2 aromatic carbocycles. The molecule has 1 aliphatic rings. The minimum absolute atomic E-state index is 0.707. The van der Waals surface area contributed by atoms with Crippen LogP contribution in [0.1, 0.15) is 12.1 Å². The first-order valence-corrected chi connectivity index (χ1v) is 10.3. The van der Waals surface area contributed by atoms with Gasteiger partial charge < -0.3 is 14.2 Å². The van der Waals surface area contributed by atoms with Crippen LogP contribution in [0.3, 0.4) is 0 Å². The predicted molar refractivity (Wildman–Crippen MR) is 106 cm³/mol. The van der Waals surface area contributed by atoms with Crippen molar-refractivity contribution in [3.8, 4) is 27.8 Å². The zero-order valence-electron chi connectivity index (χ0n) is 14.4. The van der Waals surface area contributed by atoms with E-state index < -0.39 is 0 Å². The average molecular weight is 386 g/mol. The van der Waals surface area contributed by atoms with E-state index in [1.165, 1.54) is 0 Å². The molecule has 0 bridgehead atoms. The number of thioether (sulfide) groups is 1. The van der Waals surface area contributed by atoms with E-state index in [-0.39, 0.29) is 0 Å². The van der Waals surface area contributed by atoms with Crippen LogP contribution in [0.5, 0.6) is 17.2 Å². The smallest absolute Gasteiger partial charge is 0.162 e. The SMILES string of the molecule is COc1ccc(-c2nc(CSc3ccc4c(c3)OCCCO4)cs2)cc1. The van der Waals surface area contributed by atoms with Crippen LogP contribution < -0.4 is 14.2 Å². The summed E-state index contributed by atoms with van der Waals surface area (Å²) in [6.07, 6.45) is 0.921. The first-order valence-electron chi connectivity index (χ1n) is 8.43. The van der Waals surface area contributed by atoms with E-state index in [0.29, 0.717) is 13.2 Å². The van der Waals surface area contributed by atoms with Crippen molar-refractivity contribution in [1.82, 2.24) is 4.98 Å².